The first-order valence-corrected chi connectivity index (χ1v) is 5.75. The minimum Gasteiger partial charge on any atom is -0.373 e. The molecule has 0 saturated carbocycles. The van der Waals surface area contributed by atoms with Crippen molar-refractivity contribution in [1.82, 2.24) is 4.98 Å². The highest BCUT2D eigenvalue weighted by molar-refractivity contribution is 6.31. The van der Waals surface area contributed by atoms with Gasteiger partial charge in [-0.15, -0.1) is 0 Å². The molecule has 0 amide bonds. The van der Waals surface area contributed by atoms with Crippen molar-refractivity contribution < 1.29 is 0 Å². The number of halogens is 1. The summed E-state index contributed by atoms with van der Waals surface area (Å²) < 4.78 is 0. The van der Waals surface area contributed by atoms with Crippen molar-refractivity contribution in [2.75, 3.05) is 17.7 Å². The van der Waals surface area contributed by atoms with E-state index in [1.807, 2.05) is 50.4 Å². The van der Waals surface area contributed by atoms with Crippen molar-refractivity contribution in [3.8, 4) is 0 Å². The lowest BCUT2D eigenvalue weighted by Gasteiger charge is -2.10. The third-order valence-corrected chi connectivity index (χ3v) is 2.95. The highest BCUT2D eigenvalue weighted by atomic mass is 35.5. The Kier molecular flexibility index (Phi) is 3.49. The number of hydrogen-bond donors (Lipinski definition) is 2. The van der Waals surface area contributed by atoms with Crippen molar-refractivity contribution in [2.45, 2.75) is 6.92 Å². The van der Waals surface area contributed by atoms with Gasteiger partial charge in [0.1, 0.15) is 11.6 Å². The Labute approximate surface area is 106 Å². The Bertz CT molecular complexity index is 526. The minimum atomic E-state index is 0.750. The average Bonchev–Trinajstić information content (AvgIpc) is 2.35. The van der Waals surface area contributed by atoms with Crippen LogP contribution >= 0.6 is 11.6 Å². The molecule has 4 heteroatoms. The summed E-state index contributed by atoms with van der Waals surface area (Å²) in [5, 5.41) is 7.00. The first-order chi connectivity index (χ1) is 8.20. The molecule has 0 radical (unpaired) electrons. The normalized spacial score (nSPS) is 10.1. The summed E-state index contributed by atoms with van der Waals surface area (Å²) >= 11 is 6.07. The molecular weight excluding hydrogens is 234 g/mol. The van der Waals surface area contributed by atoms with Gasteiger partial charge in [0, 0.05) is 17.8 Å². The van der Waals surface area contributed by atoms with E-state index < -0.39 is 0 Å². The van der Waals surface area contributed by atoms with E-state index in [1.165, 1.54) is 0 Å². The van der Waals surface area contributed by atoms with Crippen LogP contribution in [0, 0.1) is 6.92 Å². The van der Waals surface area contributed by atoms with Crippen molar-refractivity contribution >= 4 is 28.9 Å². The maximum Gasteiger partial charge on any atom is 0.132 e. The molecular formula is C13H14ClN3. The molecule has 0 atom stereocenters. The predicted molar refractivity (Wildman–Crippen MR) is 73.3 cm³/mol. The maximum absolute atomic E-state index is 6.07. The monoisotopic (exact) mass is 247 g/mol. The maximum atomic E-state index is 6.07. The summed E-state index contributed by atoms with van der Waals surface area (Å²) in [6, 6.07) is 11.5. The van der Waals surface area contributed by atoms with E-state index in [-0.39, 0.29) is 0 Å². The molecule has 17 heavy (non-hydrogen) atoms. The van der Waals surface area contributed by atoms with Gasteiger partial charge in [0.15, 0.2) is 0 Å². The molecule has 0 saturated heterocycles. The second kappa shape index (κ2) is 5.06. The first kappa shape index (κ1) is 11.7. The van der Waals surface area contributed by atoms with E-state index in [9.17, 15) is 0 Å². The Hall–Kier alpha value is -1.74. The highest BCUT2D eigenvalue weighted by Gasteiger charge is 2.03. The largest absolute Gasteiger partial charge is 0.373 e. The lowest BCUT2D eigenvalue weighted by molar-refractivity contribution is 1.27. The number of anilines is 3. The number of rotatable bonds is 3. The first-order valence-electron chi connectivity index (χ1n) is 5.37. The van der Waals surface area contributed by atoms with Gasteiger partial charge in [-0.25, -0.2) is 4.98 Å². The molecule has 0 fully saturated rings. The van der Waals surface area contributed by atoms with Crippen molar-refractivity contribution in [3.05, 3.63) is 47.0 Å². The van der Waals surface area contributed by atoms with Gasteiger partial charge in [-0.2, -0.15) is 0 Å². The number of aromatic nitrogens is 1. The summed E-state index contributed by atoms with van der Waals surface area (Å²) in [5.41, 5.74) is 1.99. The van der Waals surface area contributed by atoms with Crippen LogP contribution < -0.4 is 10.6 Å². The van der Waals surface area contributed by atoms with E-state index in [1.54, 1.807) is 0 Å². The van der Waals surface area contributed by atoms with Gasteiger partial charge in [-0.05, 0) is 36.8 Å². The average molecular weight is 248 g/mol. The molecule has 0 spiro atoms. The fourth-order valence-electron chi connectivity index (χ4n) is 1.52. The van der Waals surface area contributed by atoms with E-state index in [2.05, 4.69) is 15.6 Å². The Morgan fingerprint density at radius 2 is 1.76 bits per heavy atom. The predicted octanol–water partition coefficient (Wildman–Crippen LogP) is 3.83. The summed E-state index contributed by atoms with van der Waals surface area (Å²) in [5.74, 6) is 1.62. The number of pyridine rings is 1. The van der Waals surface area contributed by atoms with Crippen molar-refractivity contribution in [3.63, 3.8) is 0 Å². The summed E-state index contributed by atoms with van der Waals surface area (Å²) in [6.07, 6.45) is 0. The number of nitrogens with zero attached hydrogens (tertiary/aromatic N) is 1. The van der Waals surface area contributed by atoms with Crippen molar-refractivity contribution in [1.29, 1.82) is 0 Å². The van der Waals surface area contributed by atoms with Crippen LogP contribution in [0.3, 0.4) is 0 Å². The van der Waals surface area contributed by atoms with E-state index >= 15 is 0 Å². The quantitative estimate of drug-likeness (QED) is 0.866. The number of hydrogen-bond acceptors (Lipinski definition) is 3. The fraction of sp³-hybridized carbons (Fsp3) is 0.154. The third-order valence-electron chi connectivity index (χ3n) is 2.54. The lowest BCUT2D eigenvalue weighted by atomic mass is 10.2. The highest BCUT2D eigenvalue weighted by Crippen LogP contribution is 2.25. The van der Waals surface area contributed by atoms with Gasteiger partial charge in [-0.1, -0.05) is 23.7 Å². The van der Waals surface area contributed by atoms with E-state index in [4.69, 9.17) is 11.6 Å². The smallest absolute Gasteiger partial charge is 0.132 e. The fourth-order valence-corrected chi connectivity index (χ4v) is 1.70. The number of nitrogens with one attached hydrogen (secondary N) is 2. The molecule has 3 nitrogen and oxygen atoms in total. The van der Waals surface area contributed by atoms with Crippen LogP contribution in [-0.2, 0) is 0 Å². The molecule has 2 N–H and O–H groups in total. The summed E-state index contributed by atoms with van der Waals surface area (Å²) in [4.78, 5) is 4.39. The second-order valence-electron chi connectivity index (χ2n) is 3.70. The van der Waals surface area contributed by atoms with Gasteiger partial charge in [0.25, 0.3) is 0 Å². The molecule has 2 aromatic rings. The SMILES string of the molecule is CNc1cccc(Nc2cccc(Cl)c2C)n1. The Morgan fingerprint density at radius 1 is 1.06 bits per heavy atom. The Balaban J connectivity index is 2.28. The second-order valence-corrected chi connectivity index (χ2v) is 4.10. The van der Waals surface area contributed by atoms with Crippen LogP contribution in [-0.4, -0.2) is 12.0 Å². The summed E-state index contributed by atoms with van der Waals surface area (Å²) in [7, 11) is 1.84. The van der Waals surface area contributed by atoms with Gasteiger partial charge >= 0.3 is 0 Å². The van der Waals surface area contributed by atoms with E-state index in [0.717, 1.165) is 27.9 Å². The zero-order chi connectivity index (χ0) is 12.3. The zero-order valence-corrected chi connectivity index (χ0v) is 10.5. The topological polar surface area (TPSA) is 37.0 Å². The van der Waals surface area contributed by atoms with Gasteiger partial charge in [-0.3, -0.25) is 0 Å². The number of benzene rings is 1. The Morgan fingerprint density at radius 3 is 2.53 bits per heavy atom. The van der Waals surface area contributed by atoms with E-state index in [0.29, 0.717) is 0 Å². The van der Waals surface area contributed by atoms with Crippen LogP contribution in [0.5, 0.6) is 0 Å². The molecule has 1 aromatic carbocycles. The van der Waals surface area contributed by atoms with Gasteiger partial charge < -0.3 is 10.6 Å². The standard InChI is InChI=1S/C13H14ClN3/c1-9-10(14)5-3-6-11(9)16-13-8-4-7-12(15-2)17-13/h3-8H,1-2H3,(H2,15,16,17). The van der Waals surface area contributed by atoms with Crippen LogP contribution in [0.15, 0.2) is 36.4 Å². The molecule has 0 unspecified atom stereocenters. The molecule has 2 rings (SSSR count). The zero-order valence-electron chi connectivity index (χ0n) is 9.79. The molecule has 1 aromatic heterocycles. The minimum absolute atomic E-state index is 0.750. The van der Waals surface area contributed by atoms with Crippen LogP contribution in [0.4, 0.5) is 17.3 Å². The van der Waals surface area contributed by atoms with Gasteiger partial charge in [0.05, 0.1) is 0 Å². The van der Waals surface area contributed by atoms with Crippen LogP contribution in [0.1, 0.15) is 5.56 Å². The molecule has 0 bridgehead atoms. The molecule has 1 heterocycles. The van der Waals surface area contributed by atoms with Crippen molar-refractivity contribution in [2.24, 2.45) is 0 Å². The van der Waals surface area contributed by atoms with Crippen LogP contribution in [0.25, 0.3) is 0 Å². The molecule has 0 aliphatic rings. The third kappa shape index (κ3) is 2.68. The summed E-state index contributed by atoms with van der Waals surface area (Å²) in [6.45, 7) is 1.98. The molecule has 88 valence electrons. The lowest BCUT2D eigenvalue weighted by Crippen LogP contribution is -1.98. The molecule has 0 aliphatic heterocycles. The van der Waals surface area contributed by atoms with Crippen LogP contribution in [0.2, 0.25) is 5.02 Å². The van der Waals surface area contributed by atoms with Gasteiger partial charge in [0.2, 0.25) is 0 Å². The molecule has 0 aliphatic carbocycles.